The molecule has 0 saturated heterocycles. The SMILES string of the molecule is Cc1ccc(COc2ccc3nc([C@H]4CCCC[C@H]4C(=O)O)n(Cc4ccc(OC(F)(F)F)cc4Br)c3c2)nc1. The highest BCUT2D eigenvalue weighted by Gasteiger charge is 2.36. The maximum absolute atomic E-state index is 12.7. The van der Waals surface area contributed by atoms with E-state index < -0.39 is 18.2 Å². The van der Waals surface area contributed by atoms with Gasteiger partial charge in [0.15, 0.2) is 0 Å². The number of benzene rings is 2. The minimum atomic E-state index is -4.80. The first-order valence-corrected chi connectivity index (χ1v) is 13.7. The van der Waals surface area contributed by atoms with E-state index in [1.807, 2.05) is 41.8 Å². The molecule has 1 aliphatic carbocycles. The Bertz CT molecular complexity index is 1520. The van der Waals surface area contributed by atoms with Crippen LogP contribution in [0.1, 0.15) is 54.2 Å². The van der Waals surface area contributed by atoms with Crippen molar-refractivity contribution in [1.29, 1.82) is 0 Å². The van der Waals surface area contributed by atoms with E-state index in [2.05, 4.69) is 25.7 Å². The Labute approximate surface area is 237 Å². The van der Waals surface area contributed by atoms with Crippen molar-refractivity contribution in [2.45, 2.75) is 58.0 Å². The molecular weight excluding hydrogens is 591 g/mol. The summed E-state index contributed by atoms with van der Waals surface area (Å²) in [6.07, 6.45) is -0.0502. The highest BCUT2D eigenvalue weighted by atomic mass is 79.9. The third kappa shape index (κ3) is 6.41. The van der Waals surface area contributed by atoms with Gasteiger partial charge in [0.1, 0.15) is 23.9 Å². The van der Waals surface area contributed by atoms with E-state index in [1.165, 1.54) is 12.1 Å². The minimum Gasteiger partial charge on any atom is -0.487 e. The highest BCUT2D eigenvalue weighted by molar-refractivity contribution is 9.10. The fraction of sp³-hybridized carbons (Fsp3) is 0.345. The summed E-state index contributed by atoms with van der Waals surface area (Å²) >= 11 is 3.38. The van der Waals surface area contributed by atoms with E-state index in [9.17, 15) is 23.1 Å². The number of carboxylic acid groups (broad SMARTS) is 1. The van der Waals surface area contributed by atoms with Gasteiger partial charge in [-0.05, 0) is 61.2 Å². The Morgan fingerprint density at radius 3 is 2.58 bits per heavy atom. The van der Waals surface area contributed by atoms with Crippen molar-refractivity contribution < 1.29 is 32.5 Å². The van der Waals surface area contributed by atoms with Crippen molar-refractivity contribution >= 4 is 32.9 Å². The Hall–Kier alpha value is -3.60. The maximum atomic E-state index is 12.7. The summed E-state index contributed by atoms with van der Waals surface area (Å²) in [4.78, 5) is 21.4. The molecule has 0 radical (unpaired) electrons. The standard InChI is InChI=1S/C29H27BrF3N3O4/c1-17-6-8-19(34-14-17)16-39-20-10-11-25-26(13-20)36(27(35-25)22-4-2-3-5-23(22)28(37)38)15-18-7-9-21(12-24(18)30)40-29(31,32)33/h6-14,22-23H,2-5,15-16H2,1H3,(H,37,38)/t22-,23+/m0/s1. The minimum absolute atomic E-state index is 0.254. The number of halogens is 4. The van der Waals surface area contributed by atoms with Crippen LogP contribution in [0.3, 0.4) is 0 Å². The van der Waals surface area contributed by atoms with Crippen molar-refractivity contribution in [3.05, 3.63) is 81.8 Å². The fourth-order valence-corrected chi connectivity index (χ4v) is 5.64. The number of hydrogen-bond acceptors (Lipinski definition) is 5. The summed E-state index contributed by atoms with van der Waals surface area (Å²) in [5.41, 5.74) is 3.93. The zero-order chi connectivity index (χ0) is 28.4. The molecule has 210 valence electrons. The van der Waals surface area contributed by atoms with Crippen molar-refractivity contribution in [2.75, 3.05) is 0 Å². The Balaban J connectivity index is 1.52. The molecule has 0 spiro atoms. The molecule has 11 heteroatoms. The number of aromatic nitrogens is 3. The number of nitrogens with zero attached hydrogens (tertiary/aromatic N) is 3. The molecule has 2 atom stereocenters. The summed E-state index contributed by atoms with van der Waals surface area (Å²) in [6.45, 7) is 2.48. The summed E-state index contributed by atoms with van der Waals surface area (Å²) in [5.74, 6) is -0.828. The van der Waals surface area contributed by atoms with Crippen LogP contribution in [0, 0.1) is 12.8 Å². The molecule has 2 aromatic carbocycles. The highest BCUT2D eigenvalue weighted by Crippen LogP contribution is 2.40. The molecule has 0 unspecified atom stereocenters. The van der Waals surface area contributed by atoms with Gasteiger partial charge >= 0.3 is 12.3 Å². The van der Waals surface area contributed by atoms with Gasteiger partial charge in [0, 0.05) is 22.7 Å². The second-order valence-electron chi connectivity index (χ2n) is 9.96. The van der Waals surface area contributed by atoms with Crippen molar-refractivity contribution in [2.24, 2.45) is 5.92 Å². The molecule has 1 saturated carbocycles. The molecule has 2 heterocycles. The summed E-state index contributed by atoms with van der Waals surface area (Å²) in [5, 5.41) is 9.96. The van der Waals surface area contributed by atoms with Gasteiger partial charge in [0.25, 0.3) is 0 Å². The number of aryl methyl sites for hydroxylation is 1. The van der Waals surface area contributed by atoms with Crippen LogP contribution in [-0.2, 0) is 17.9 Å². The normalized spacial score (nSPS) is 17.6. The first kappa shape index (κ1) is 27.9. The van der Waals surface area contributed by atoms with Gasteiger partial charge < -0.3 is 19.1 Å². The third-order valence-electron chi connectivity index (χ3n) is 7.11. The topological polar surface area (TPSA) is 86.5 Å². The number of pyridine rings is 1. The van der Waals surface area contributed by atoms with Crippen LogP contribution in [0.15, 0.2) is 59.2 Å². The lowest BCUT2D eigenvalue weighted by Crippen LogP contribution is -2.27. The van der Waals surface area contributed by atoms with Gasteiger partial charge in [0.2, 0.25) is 0 Å². The number of carboxylic acids is 1. The van der Waals surface area contributed by atoms with Crippen LogP contribution < -0.4 is 9.47 Å². The van der Waals surface area contributed by atoms with Crippen molar-refractivity contribution in [1.82, 2.24) is 14.5 Å². The first-order chi connectivity index (χ1) is 19.1. The number of imidazole rings is 1. The van der Waals surface area contributed by atoms with Gasteiger partial charge in [-0.15, -0.1) is 13.2 Å². The number of carbonyl (C=O) groups is 1. The summed E-state index contributed by atoms with van der Waals surface area (Å²) in [6, 6.07) is 13.4. The molecule has 0 aliphatic heterocycles. The first-order valence-electron chi connectivity index (χ1n) is 12.9. The van der Waals surface area contributed by atoms with Gasteiger partial charge in [-0.1, -0.05) is 40.9 Å². The van der Waals surface area contributed by atoms with Crippen LogP contribution in [0.4, 0.5) is 13.2 Å². The summed E-state index contributed by atoms with van der Waals surface area (Å²) < 4.78 is 50.6. The number of aliphatic carboxylic acids is 1. The van der Waals surface area contributed by atoms with Gasteiger partial charge in [0.05, 0.1) is 29.2 Å². The van der Waals surface area contributed by atoms with E-state index in [4.69, 9.17) is 9.72 Å². The van der Waals surface area contributed by atoms with Gasteiger partial charge in [-0.25, -0.2) is 4.98 Å². The molecule has 4 aromatic rings. The molecular formula is C29H27BrF3N3O4. The largest absolute Gasteiger partial charge is 0.573 e. The fourth-order valence-electron chi connectivity index (χ4n) is 5.16. The summed E-state index contributed by atoms with van der Waals surface area (Å²) in [7, 11) is 0. The lowest BCUT2D eigenvalue weighted by Gasteiger charge is -2.28. The van der Waals surface area contributed by atoms with Crippen LogP contribution in [0.5, 0.6) is 11.5 Å². The molecule has 1 N–H and O–H groups in total. The Kier molecular flexibility index (Phi) is 8.02. The molecule has 7 nitrogen and oxygen atoms in total. The van der Waals surface area contributed by atoms with Crippen LogP contribution in [0.25, 0.3) is 11.0 Å². The predicted molar refractivity (Wildman–Crippen MR) is 145 cm³/mol. The van der Waals surface area contributed by atoms with Crippen LogP contribution >= 0.6 is 15.9 Å². The second kappa shape index (κ2) is 11.5. The lowest BCUT2D eigenvalue weighted by atomic mass is 9.78. The van der Waals surface area contributed by atoms with Crippen molar-refractivity contribution in [3.63, 3.8) is 0 Å². The van der Waals surface area contributed by atoms with E-state index >= 15 is 0 Å². The van der Waals surface area contributed by atoms with E-state index in [0.29, 0.717) is 40.0 Å². The van der Waals surface area contributed by atoms with Gasteiger partial charge in [-0.3, -0.25) is 9.78 Å². The molecule has 5 rings (SSSR count). The number of fused-ring (bicyclic) bond motifs is 1. The molecule has 0 amide bonds. The quantitative estimate of drug-likeness (QED) is 0.222. The zero-order valence-corrected chi connectivity index (χ0v) is 23.2. The van der Waals surface area contributed by atoms with Gasteiger partial charge in [-0.2, -0.15) is 0 Å². The molecule has 40 heavy (non-hydrogen) atoms. The number of alkyl halides is 3. The molecule has 0 bridgehead atoms. The van der Waals surface area contributed by atoms with Crippen LogP contribution in [0.2, 0.25) is 0 Å². The number of rotatable bonds is 8. The lowest BCUT2D eigenvalue weighted by molar-refractivity contribution is -0.274. The third-order valence-corrected chi connectivity index (χ3v) is 7.85. The average Bonchev–Trinajstić information content (AvgIpc) is 3.26. The number of ether oxygens (including phenoxy) is 2. The monoisotopic (exact) mass is 617 g/mol. The van der Waals surface area contributed by atoms with Crippen molar-refractivity contribution in [3.8, 4) is 11.5 Å². The van der Waals surface area contributed by atoms with E-state index in [1.54, 1.807) is 12.3 Å². The average molecular weight is 618 g/mol. The van der Waals surface area contributed by atoms with Crippen LogP contribution in [-0.4, -0.2) is 32.0 Å². The smallest absolute Gasteiger partial charge is 0.487 e. The number of hydrogen-bond donors (Lipinski definition) is 1. The molecule has 1 fully saturated rings. The Morgan fingerprint density at radius 2 is 1.88 bits per heavy atom. The predicted octanol–water partition coefficient (Wildman–Crippen LogP) is 7.39. The van der Waals surface area contributed by atoms with E-state index in [-0.39, 0.29) is 24.8 Å². The van der Waals surface area contributed by atoms with E-state index in [0.717, 1.165) is 29.6 Å². The Morgan fingerprint density at radius 1 is 1.10 bits per heavy atom. The molecule has 1 aliphatic rings. The maximum Gasteiger partial charge on any atom is 0.573 e. The molecule has 2 aromatic heterocycles. The second-order valence-corrected chi connectivity index (χ2v) is 10.8. The zero-order valence-electron chi connectivity index (χ0n) is 21.6.